The Labute approximate surface area is 205 Å². The van der Waals surface area contributed by atoms with E-state index in [1.165, 1.54) is 0 Å². The highest BCUT2D eigenvalue weighted by atomic mass is 35.5. The summed E-state index contributed by atoms with van der Waals surface area (Å²) in [5.41, 5.74) is 0.440. The first-order valence-corrected chi connectivity index (χ1v) is 11.9. The van der Waals surface area contributed by atoms with E-state index in [0.29, 0.717) is 42.7 Å². The van der Waals surface area contributed by atoms with Gasteiger partial charge in [0.2, 0.25) is 5.91 Å². The second kappa shape index (κ2) is 10.3. The highest BCUT2D eigenvalue weighted by Crippen LogP contribution is 2.28. The van der Waals surface area contributed by atoms with Crippen LogP contribution in [-0.2, 0) is 16.6 Å². The predicted octanol–water partition coefficient (Wildman–Crippen LogP) is 1.84. The predicted molar refractivity (Wildman–Crippen MR) is 128 cm³/mol. The Morgan fingerprint density at radius 2 is 1.88 bits per heavy atom. The molecule has 0 unspecified atom stereocenters. The first-order chi connectivity index (χ1) is 16.3. The van der Waals surface area contributed by atoms with E-state index in [1.807, 2.05) is 17.9 Å². The van der Waals surface area contributed by atoms with E-state index in [9.17, 15) is 9.59 Å². The third-order valence-electron chi connectivity index (χ3n) is 6.54. The highest BCUT2D eigenvalue weighted by Gasteiger charge is 2.43. The van der Waals surface area contributed by atoms with Crippen LogP contribution in [0.3, 0.4) is 0 Å². The summed E-state index contributed by atoms with van der Waals surface area (Å²) in [6, 6.07) is 7.14. The van der Waals surface area contributed by atoms with Gasteiger partial charge in [0.15, 0.2) is 0 Å². The van der Waals surface area contributed by atoms with Gasteiger partial charge in [-0.15, -0.1) is 0 Å². The molecule has 0 bridgehead atoms. The molecule has 0 aliphatic carbocycles. The third kappa shape index (κ3) is 5.54. The van der Waals surface area contributed by atoms with Gasteiger partial charge in [-0.05, 0) is 43.8 Å². The monoisotopic (exact) mass is 489 g/mol. The van der Waals surface area contributed by atoms with E-state index in [2.05, 4.69) is 17.0 Å². The van der Waals surface area contributed by atoms with Crippen molar-refractivity contribution in [2.75, 3.05) is 59.5 Å². The van der Waals surface area contributed by atoms with Crippen molar-refractivity contribution >= 4 is 23.4 Å². The standard InChI is InChI=1S/C24H32ClN5O4/c1-18-14-19(4-5-20(18)25)33-17-24(15-22(31)29-10-8-27(2)9-11-29)16-30(12-13-34-24)23(32)21-6-7-26-28(21)3/h4-7,14H,8-13,15-17H2,1-3H3/t24-/m1/s1. The molecule has 2 aliphatic heterocycles. The smallest absolute Gasteiger partial charge is 0.272 e. The van der Waals surface area contributed by atoms with Gasteiger partial charge in [-0.3, -0.25) is 14.3 Å². The number of nitrogens with zero attached hydrogens (tertiary/aromatic N) is 5. The Bertz CT molecular complexity index is 1040. The first-order valence-electron chi connectivity index (χ1n) is 11.5. The molecule has 2 amide bonds. The number of hydrogen-bond donors (Lipinski definition) is 0. The van der Waals surface area contributed by atoms with Gasteiger partial charge in [0.1, 0.15) is 23.7 Å². The largest absolute Gasteiger partial charge is 0.490 e. The first kappa shape index (κ1) is 24.5. The molecule has 0 spiro atoms. The molecule has 2 aliphatic rings. The number of halogens is 1. The molecule has 2 saturated heterocycles. The van der Waals surface area contributed by atoms with Crippen molar-refractivity contribution < 1.29 is 19.1 Å². The van der Waals surface area contributed by atoms with Crippen LogP contribution in [0.5, 0.6) is 5.75 Å². The number of piperazine rings is 1. The number of rotatable bonds is 6. The van der Waals surface area contributed by atoms with Crippen LogP contribution in [0.25, 0.3) is 0 Å². The van der Waals surface area contributed by atoms with Gasteiger partial charge < -0.3 is 24.2 Å². The number of amides is 2. The van der Waals surface area contributed by atoms with Gasteiger partial charge in [-0.25, -0.2) is 0 Å². The quantitative estimate of drug-likeness (QED) is 0.616. The lowest BCUT2D eigenvalue weighted by molar-refractivity contribution is -0.154. The lowest BCUT2D eigenvalue weighted by Crippen LogP contribution is -2.59. The molecule has 0 saturated carbocycles. The van der Waals surface area contributed by atoms with Gasteiger partial charge in [-0.2, -0.15) is 5.10 Å². The number of morpholine rings is 1. The van der Waals surface area contributed by atoms with E-state index in [-0.39, 0.29) is 31.4 Å². The van der Waals surface area contributed by atoms with Crippen LogP contribution < -0.4 is 4.74 Å². The summed E-state index contributed by atoms with van der Waals surface area (Å²) in [6.45, 7) is 6.10. The Balaban J connectivity index is 1.53. The van der Waals surface area contributed by atoms with Crippen molar-refractivity contribution in [1.82, 2.24) is 24.5 Å². The number of carbonyl (C=O) groups is 2. The van der Waals surface area contributed by atoms with Crippen LogP contribution in [0.4, 0.5) is 0 Å². The molecule has 2 fully saturated rings. The van der Waals surface area contributed by atoms with E-state index in [4.69, 9.17) is 21.1 Å². The molecule has 9 nitrogen and oxygen atoms in total. The van der Waals surface area contributed by atoms with E-state index in [1.54, 1.807) is 41.0 Å². The summed E-state index contributed by atoms with van der Waals surface area (Å²) in [5, 5.41) is 4.77. The summed E-state index contributed by atoms with van der Waals surface area (Å²) in [7, 11) is 3.79. The normalized spacial score (nSPS) is 21.5. The van der Waals surface area contributed by atoms with Crippen LogP contribution in [0, 0.1) is 6.92 Å². The van der Waals surface area contributed by atoms with E-state index < -0.39 is 5.60 Å². The third-order valence-corrected chi connectivity index (χ3v) is 6.96. The van der Waals surface area contributed by atoms with Crippen LogP contribution in [0.2, 0.25) is 5.02 Å². The van der Waals surface area contributed by atoms with Crippen molar-refractivity contribution in [3.63, 3.8) is 0 Å². The Morgan fingerprint density at radius 3 is 2.56 bits per heavy atom. The lowest BCUT2D eigenvalue weighted by Gasteiger charge is -2.43. The SMILES string of the molecule is Cc1cc(OC[C@@]2(CC(=O)N3CCN(C)CC3)CN(C(=O)c3ccnn3C)CCO2)ccc1Cl. The summed E-state index contributed by atoms with van der Waals surface area (Å²) >= 11 is 6.15. The number of aromatic nitrogens is 2. The summed E-state index contributed by atoms with van der Waals surface area (Å²) in [5.74, 6) is 0.521. The van der Waals surface area contributed by atoms with Gasteiger partial charge in [0.25, 0.3) is 5.91 Å². The number of ether oxygens (including phenoxy) is 2. The van der Waals surface area contributed by atoms with Crippen LogP contribution in [0.1, 0.15) is 22.5 Å². The fourth-order valence-electron chi connectivity index (χ4n) is 4.37. The molecule has 184 valence electrons. The van der Waals surface area contributed by atoms with Crippen molar-refractivity contribution in [1.29, 1.82) is 0 Å². The minimum atomic E-state index is -0.958. The molecular weight excluding hydrogens is 458 g/mol. The fourth-order valence-corrected chi connectivity index (χ4v) is 4.49. The Hall–Kier alpha value is -2.62. The van der Waals surface area contributed by atoms with Crippen LogP contribution in [-0.4, -0.2) is 101 Å². The molecule has 0 N–H and O–H groups in total. The number of carbonyl (C=O) groups excluding carboxylic acids is 2. The molecule has 4 rings (SSSR count). The molecule has 3 heterocycles. The van der Waals surface area contributed by atoms with Crippen molar-refractivity contribution in [2.45, 2.75) is 18.9 Å². The zero-order valence-corrected chi connectivity index (χ0v) is 20.8. The molecule has 1 aromatic heterocycles. The lowest BCUT2D eigenvalue weighted by atomic mass is 9.96. The number of benzene rings is 1. The Morgan fingerprint density at radius 1 is 1.12 bits per heavy atom. The van der Waals surface area contributed by atoms with Crippen molar-refractivity contribution in [2.24, 2.45) is 7.05 Å². The molecular formula is C24H32ClN5O4. The second-order valence-electron chi connectivity index (χ2n) is 9.16. The van der Waals surface area contributed by atoms with E-state index in [0.717, 1.165) is 18.7 Å². The van der Waals surface area contributed by atoms with Crippen molar-refractivity contribution in [3.05, 3.63) is 46.7 Å². The number of hydrogen-bond acceptors (Lipinski definition) is 6. The number of aryl methyl sites for hydroxylation is 2. The topological polar surface area (TPSA) is 80.1 Å². The van der Waals surface area contributed by atoms with Crippen LogP contribution >= 0.6 is 11.6 Å². The Kier molecular flexibility index (Phi) is 7.45. The maximum absolute atomic E-state index is 13.3. The minimum Gasteiger partial charge on any atom is -0.490 e. The molecule has 0 radical (unpaired) electrons. The average Bonchev–Trinajstić information content (AvgIpc) is 3.25. The summed E-state index contributed by atoms with van der Waals surface area (Å²) in [6.07, 6.45) is 1.74. The summed E-state index contributed by atoms with van der Waals surface area (Å²) in [4.78, 5) is 32.3. The van der Waals surface area contributed by atoms with Gasteiger partial charge in [0.05, 0.1) is 19.6 Å². The zero-order chi connectivity index (χ0) is 24.3. The zero-order valence-electron chi connectivity index (χ0n) is 20.0. The van der Waals surface area contributed by atoms with Gasteiger partial charge in [0, 0.05) is 51.0 Å². The number of likely N-dealkylation sites (N-methyl/N-ethyl adjacent to an activating group) is 1. The summed E-state index contributed by atoms with van der Waals surface area (Å²) < 4.78 is 13.9. The molecule has 10 heteroatoms. The molecule has 1 atom stereocenters. The molecule has 34 heavy (non-hydrogen) atoms. The van der Waals surface area contributed by atoms with Crippen LogP contribution in [0.15, 0.2) is 30.5 Å². The fraction of sp³-hybridized carbons (Fsp3) is 0.542. The van der Waals surface area contributed by atoms with Gasteiger partial charge in [-0.1, -0.05) is 11.6 Å². The maximum atomic E-state index is 13.3. The molecule has 1 aromatic carbocycles. The maximum Gasteiger partial charge on any atom is 0.272 e. The minimum absolute atomic E-state index is 0.0128. The second-order valence-corrected chi connectivity index (χ2v) is 9.57. The van der Waals surface area contributed by atoms with E-state index >= 15 is 0 Å². The highest BCUT2D eigenvalue weighted by molar-refractivity contribution is 6.31. The average molecular weight is 490 g/mol. The van der Waals surface area contributed by atoms with Crippen molar-refractivity contribution in [3.8, 4) is 5.75 Å². The van der Waals surface area contributed by atoms with Gasteiger partial charge >= 0.3 is 0 Å². The molecule has 2 aromatic rings.